The van der Waals surface area contributed by atoms with Crippen molar-refractivity contribution in [1.29, 1.82) is 0 Å². The zero-order valence-electron chi connectivity index (χ0n) is 18.9. The van der Waals surface area contributed by atoms with Crippen molar-refractivity contribution in [2.75, 3.05) is 65.0 Å². The number of rotatable bonds is 7. The van der Waals surface area contributed by atoms with Crippen LogP contribution in [0.4, 0.5) is 0 Å². The van der Waals surface area contributed by atoms with Crippen LogP contribution in [-0.4, -0.2) is 92.2 Å². The van der Waals surface area contributed by atoms with Gasteiger partial charge >= 0.3 is 0 Å². The third kappa shape index (κ3) is 7.23. The summed E-state index contributed by atoms with van der Waals surface area (Å²) in [4.78, 5) is 21.0. The maximum atomic E-state index is 12.0. The summed E-state index contributed by atoms with van der Waals surface area (Å²) in [5.41, 5.74) is 1.96. The summed E-state index contributed by atoms with van der Waals surface area (Å²) in [5.74, 6) is 3.23. The van der Waals surface area contributed by atoms with E-state index in [1.165, 1.54) is 12.2 Å². The molecule has 0 aromatic heterocycles. The van der Waals surface area contributed by atoms with Crippen LogP contribution >= 0.6 is 35.7 Å². The molecule has 2 N–H and O–H groups in total. The van der Waals surface area contributed by atoms with Crippen molar-refractivity contribution in [2.45, 2.75) is 25.4 Å². The van der Waals surface area contributed by atoms with Gasteiger partial charge in [0.05, 0.1) is 19.8 Å². The molecule has 0 spiro atoms. The number of ether oxygens (including phenoxy) is 1. The molecule has 1 atom stereocenters. The zero-order valence-corrected chi connectivity index (χ0v) is 22.0. The van der Waals surface area contributed by atoms with E-state index in [1.54, 1.807) is 19.0 Å². The van der Waals surface area contributed by atoms with Crippen molar-refractivity contribution >= 4 is 47.6 Å². The number of nitrogens with zero attached hydrogens (tertiary/aromatic N) is 3. The summed E-state index contributed by atoms with van der Waals surface area (Å²) in [7, 11) is 3.53. The number of carbonyl (C=O) groups excluding carboxylic acids is 1. The third-order valence-electron chi connectivity index (χ3n) is 5.72. The van der Waals surface area contributed by atoms with Gasteiger partial charge in [0, 0.05) is 57.1 Å². The molecule has 1 amide bonds. The number of guanidine groups is 1. The van der Waals surface area contributed by atoms with Crippen LogP contribution in [0.25, 0.3) is 0 Å². The largest absolute Gasteiger partial charge is 0.379 e. The van der Waals surface area contributed by atoms with Gasteiger partial charge in [-0.25, -0.2) is 4.99 Å². The fraction of sp³-hybridized carbons (Fsp3) is 0.636. The number of halogens is 1. The summed E-state index contributed by atoms with van der Waals surface area (Å²) in [5, 5.41) is 6.97. The first kappa shape index (κ1) is 26.2. The Hall–Kier alpha value is -1.04. The van der Waals surface area contributed by atoms with Crippen LogP contribution in [0.5, 0.6) is 0 Å². The number of benzene rings is 1. The predicted molar refractivity (Wildman–Crippen MR) is 140 cm³/mol. The Kier molecular flexibility index (Phi) is 10.9. The molecule has 1 aromatic carbocycles. The fourth-order valence-electron chi connectivity index (χ4n) is 3.91. The molecule has 0 radical (unpaired) electrons. The standard InChI is InChI=1S/C22H35N5O2S.HI/c1-4-23-21(24-15-18-5-7-19(8-6-18)20(28)26(2)3)25-16-22(9-14-30-17-22)27-10-12-29-13-11-27;/h5-8H,4,9-17H2,1-3H3,(H2,23,24,25);1H. The quantitative estimate of drug-likeness (QED) is 0.303. The van der Waals surface area contributed by atoms with Crippen LogP contribution in [0.2, 0.25) is 0 Å². The van der Waals surface area contributed by atoms with Crippen molar-refractivity contribution in [3.8, 4) is 0 Å². The highest BCUT2D eigenvalue weighted by Crippen LogP contribution is 2.33. The first-order valence-electron chi connectivity index (χ1n) is 10.8. The molecule has 2 heterocycles. The predicted octanol–water partition coefficient (Wildman–Crippen LogP) is 2.27. The summed E-state index contributed by atoms with van der Waals surface area (Å²) in [6, 6.07) is 7.70. The second-order valence-corrected chi connectivity index (χ2v) is 9.18. The van der Waals surface area contributed by atoms with Gasteiger partial charge in [-0.05, 0) is 36.8 Å². The molecule has 174 valence electrons. The molecule has 2 fully saturated rings. The molecule has 1 unspecified atom stereocenters. The smallest absolute Gasteiger partial charge is 0.253 e. The molecule has 7 nitrogen and oxygen atoms in total. The van der Waals surface area contributed by atoms with Crippen molar-refractivity contribution < 1.29 is 9.53 Å². The number of carbonyl (C=O) groups is 1. The van der Waals surface area contributed by atoms with Crippen molar-refractivity contribution in [3.05, 3.63) is 35.4 Å². The third-order valence-corrected chi connectivity index (χ3v) is 6.95. The van der Waals surface area contributed by atoms with Gasteiger partial charge in [-0.3, -0.25) is 9.69 Å². The van der Waals surface area contributed by atoms with E-state index in [9.17, 15) is 4.79 Å². The lowest BCUT2D eigenvalue weighted by molar-refractivity contribution is -0.0120. The Labute approximate surface area is 207 Å². The maximum absolute atomic E-state index is 12.0. The first-order valence-corrected chi connectivity index (χ1v) is 11.9. The summed E-state index contributed by atoms with van der Waals surface area (Å²) in [6.45, 7) is 8.04. The topological polar surface area (TPSA) is 69.2 Å². The molecule has 1 aromatic rings. The molecule has 9 heteroatoms. The van der Waals surface area contributed by atoms with Crippen LogP contribution < -0.4 is 10.6 Å². The summed E-state index contributed by atoms with van der Waals surface area (Å²) in [6.07, 6.45) is 1.20. The Bertz CT molecular complexity index is 717. The lowest BCUT2D eigenvalue weighted by Gasteiger charge is -2.43. The van der Waals surface area contributed by atoms with E-state index in [2.05, 4.69) is 22.5 Å². The number of amides is 1. The second kappa shape index (κ2) is 12.9. The van der Waals surface area contributed by atoms with Crippen LogP contribution in [0.1, 0.15) is 29.3 Å². The number of hydrogen-bond donors (Lipinski definition) is 2. The van der Waals surface area contributed by atoms with Gasteiger partial charge in [-0.2, -0.15) is 11.8 Å². The molecule has 3 rings (SSSR count). The average molecular weight is 562 g/mol. The molecule has 2 aliphatic heterocycles. The minimum Gasteiger partial charge on any atom is -0.379 e. The molecule has 0 saturated carbocycles. The zero-order chi connectivity index (χ0) is 21.4. The summed E-state index contributed by atoms with van der Waals surface area (Å²) >= 11 is 2.04. The minimum absolute atomic E-state index is 0. The fourth-order valence-corrected chi connectivity index (χ4v) is 5.38. The van der Waals surface area contributed by atoms with Crippen molar-refractivity contribution in [2.24, 2.45) is 4.99 Å². The van der Waals surface area contributed by atoms with Gasteiger partial charge in [0.2, 0.25) is 0 Å². The monoisotopic (exact) mass is 561 g/mol. The van der Waals surface area contributed by atoms with Crippen molar-refractivity contribution in [3.63, 3.8) is 0 Å². The van der Waals surface area contributed by atoms with Gasteiger partial charge in [-0.15, -0.1) is 24.0 Å². The average Bonchev–Trinajstić information content (AvgIpc) is 3.26. The van der Waals surface area contributed by atoms with Crippen LogP contribution in [-0.2, 0) is 11.3 Å². The van der Waals surface area contributed by atoms with E-state index >= 15 is 0 Å². The minimum atomic E-state index is 0. The lowest BCUT2D eigenvalue weighted by Crippen LogP contribution is -2.60. The first-order chi connectivity index (χ1) is 14.5. The van der Waals surface area contributed by atoms with Crippen LogP contribution in [0.15, 0.2) is 29.3 Å². The lowest BCUT2D eigenvalue weighted by atomic mass is 9.95. The molecular formula is C22H36IN5O2S. The van der Waals surface area contributed by atoms with Crippen molar-refractivity contribution in [1.82, 2.24) is 20.4 Å². The molecule has 2 saturated heterocycles. The Morgan fingerprint density at radius 2 is 1.94 bits per heavy atom. The highest BCUT2D eigenvalue weighted by atomic mass is 127. The Morgan fingerprint density at radius 3 is 2.52 bits per heavy atom. The molecule has 2 aliphatic rings. The highest BCUT2D eigenvalue weighted by Gasteiger charge is 2.40. The maximum Gasteiger partial charge on any atom is 0.253 e. The van der Waals surface area contributed by atoms with E-state index in [0.29, 0.717) is 12.1 Å². The molecule has 0 bridgehead atoms. The van der Waals surface area contributed by atoms with Crippen LogP contribution in [0, 0.1) is 0 Å². The van der Waals surface area contributed by atoms with E-state index in [0.717, 1.165) is 56.7 Å². The normalized spacial score (nSPS) is 22.0. The van der Waals surface area contributed by atoms with Gasteiger partial charge in [0.1, 0.15) is 0 Å². The number of morpholine rings is 1. The summed E-state index contributed by atoms with van der Waals surface area (Å²) < 4.78 is 5.56. The second-order valence-electron chi connectivity index (χ2n) is 8.07. The number of thioether (sulfide) groups is 1. The Balaban J connectivity index is 0.00000341. The van der Waals surface area contributed by atoms with Crippen LogP contribution in [0.3, 0.4) is 0 Å². The van der Waals surface area contributed by atoms with E-state index in [1.807, 2.05) is 36.0 Å². The van der Waals surface area contributed by atoms with E-state index in [-0.39, 0.29) is 35.4 Å². The van der Waals surface area contributed by atoms with E-state index in [4.69, 9.17) is 9.73 Å². The SMILES string of the molecule is CCNC(=NCc1ccc(C(=O)N(C)C)cc1)NCC1(N2CCOCC2)CCSC1.I. The molecular weight excluding hydrogens is 525 g/mol. The van der Waals surface area contributed by atoms with E-state index < -0.39 is 0 Å². The Morgan fingerprint density at radius 1 is 1.23 bits per heavy atom. The molecule has 0 aliphatic carbocycles. The highest BCUT2D eigenvalue weighted by molar-refractivity contribution is 14.0. The number of hydrogen-bond acceptors (Lipinski definition) is 5. The number of nitrogens with one attached hydrogen (secondary N) is 2. The van der Waals surface area contributed by atoms with Gasteiger partial charge in [0.15, 0.2) is 5.96 Å². The van der Waals surface area contributed by atoms with Gasteiger partial charge in [0.25, 0.3) is 5.91 Å². The van der Waals surface area contributed by atoms with Gasteiger partial charge in [-0.1, -0.05) is 12.1 Å². The number of aliphatic imine (C=N–C) groups is 1. The molecule has 31 heavy (non-hydrogen) atoms. The van der Waals surface area contributed by atoms with Gasteiger partial charge < -0.3 is 20.3 Å².